The van der Waals surface area contributed by atoms with Crippen molar-refractivity contribution >= 4 is 28.3 Å². The molecule has 4 aromatic rings. The summed E-state index contributed by atoms with van der Waals surface area (Å²) in [5, 5.41) is 18.4. The highest BCUT2D eigenvalue weighted by Gasteiger charge is 2.19. The average molecular weight is 418 g/mol. The lowest BCUT2D eigenvalue weighted by Gasteiger charge is -2.09. The number of hydrogen-bond acceptors (Lipinski definition) is 6. The summed E-state index contributed by atoms with van der Waals surface area (Å²) in [6.07, 6.45) is 3.37. The van der Waals surface area contributed by atoms with Gasteiger partial charge in [-0.3, -0.25) is 24.3 Å². The van der Waals surface area contributed by atoms with Crippen molar-refractivity contribution in [3.05, 3.63) is 87.1 Å². The Kier molecular flexibility index (Phi) is 5.27. The van der Waals surface area contributed by atoms with E-state index in [1.165, 1.54) is 33.9 Å². The maximum atomic E-state index is 12.8. The van der Waals surface area contributed by atoms with Crippen LogP contribution in [0.25, 0.3) is 16.7 Å². The first-order valence-corrected chi connectivity index (χ1v) is 9.53. The number of carbonyl (C=O) groups is 1. The summed E-state index contributed by atoms with van der Waals surface area (Å²) in [5.41, 5.74) is 1.47. The van der Waals surface area contributed by atoms with Crippen LogP contribution in [0.2, 0.25) is 0 Å². The van der Waals surface area contributed by atoms with Crippen LogP contribution in [-0.4, -0.2) is 30.2 Å². The maximum Gasteiger partial charge on any atom is 0.294 e. The normalized spacial score (nSPS) is 10.9. The third kappa shape index (κ3) is 3.90. The zero-order chi connectivity index (χ0) is 22.0. The van der Waals surface area contributed by atoms with E-state index in [-0.39, 0.29) is 34.9 Å². The van der Waals surface area contributed by atoms with Crippen LogP contribution in [0.1, 0.15) is 12.5 Å². The number of benzene rings is 2. The summed E-state index contributed by atoms with van der Waals surface area (Å²) < 4.78 is 2.42. The molecule has 0 spiro atoms. The zero-order valence-electron chi connectivity index (χ0n) is 16.6. The number of nitro groups is 1. The Morgan fingerprint density at radius 3 is 2.77 bits per heavy atom. The fraction of sp³-hybridized carbons (Fsp3) is 0.143. The first-order chi connectivity index (χ1) is 15.0. The van der Waals surface area contributed by atoms with Crippen molar-refractivity contribution in [2.24, 2.45) is 0 Å². The van der Waals surface area contributed by atoms with Gasteiger partial charge in [-0.2, -0.15) is 5.10 Å². The van der Waals surface area contributed by atoms with Gasteiger partial charge in [0.05, 0.1) is 11.1 Å². The van der Waals surface area contributed by atoms with Gasteiger partial charge < -0.3 is 5.32 Å². The number of amides is 1. The van der Waals surface area contributed by atoms with Gasteiger partial charge in [-0.05, 0) is 30.2 Å². The van der Waals surface area contributed by atoms with Crippen molar-refractivity contribution < 1.29 is 9.72 Å². The highest BCUT2D eigenvalue weighted by molar-refractivity contribution is 5.90. The number of carbonyl (C=O) groups excluding carboxylic acids is 1. The molecule has 0 atom stereocenters. The van der Waals surface area contributed by atoms with E-state index >= 15 is 0 Å². The minimum absolute atomic E-state index is 0.154. The Labute approximate surface area is 175 Å². The molecule has 0 unspecified atom stereocenters. The standard InChI is InChI=1S/C21H18N6O4/c1-2-14-6-5-7-15(10-14)24-19(28)12-25-13-22-20-16(21(25)29)11-23-26(20)17-8-3-4-9-18(17)27(30)31/h3-11,13H,2,12H2,1H3,(H,24,28). The summed E-state index contributed by atoms with van der Waals surface area (Å²) in [7, 11) is 0. The van der Waals surface area contributed by atoms with Gasteiger partial charge in [0.15, 0.2) is 5.65 Å². The number of nitro benzene ring substituents is 1. The first-order valence-electron chi connectivity index (χ1n) is 9.53. The van der Waals surface area contributed by atoms with Gasteiger partial charge in [-0.15, -0.1) is 0 Å². The molecule has 0 saturated heterocycles. The van der Waals surface area contributed by atoms with Gasteiger partial charge in [0, 0.05) is 11.8 Å². The van der Waals surface area contributed by atoms with Crippen LogP contribution in [0.4, 0.5) is 11.4 Å². The number of fused-ring (bicyclic) bond motifs is 1. The monoisotopic (exact) mass is 418 g/mol. The molecule has 0 radical (unpaired) electrons. The molecule has 0 aliphatic rings. The lowest BCUT2D eigenvalue weighted by Crippen LogP contribution is -2.27. The molecule has 0 aliphatic carbocycles. The number of nitrogens with zero attached hydrogens (tertiary/aromatic N) is 5. The highest BCUT2D eigenvalue weighted by Crippen LogP contribution is 2.23. The molecule has 10 nitrogen and oxygen atoms in total. The van der Waals surface area contributed by atoms with Crippen LogP contribution in [0.3, 0.4) is 0 Å². The number of para-hydroxylation sites is 2. The molecule has 0 fully saturated rings. The van der Waals surface area contributed by atoms with E-state index in [0.29, 0.717) is 5.69 Å². The molecule has 0 aliphatic heterocycles. The van der Waals surface area contributed by atoms with E-state index in [4.69, 9.17) is 0 Å². The Bertz CT molecular complexity index is 1360. The van der Waals surface area contributed by atoms with Crippen molar-refractivity contribution in [2.75, 3.05) is 5.32 Å². The van der Waals surface area contributed by atoms with Crippen molar-refractivity contribution in [1.29, 1.82) is 0 Å². The van der Waals surface area contributed by atoms with Crippen molar-refractivity contribution in [3.8, 4) is 5.69 Å². The molecule has 1 amide bonds. The molecule has 1 N–H and O–H groups in total. The van der Waals surface area contributed by atoms with Crippen molar-refractivity contribution in [3.63, 3.8) is 0 Å². The molecular weight excluding hydrogens is 400 g/mol. The lowest BCUT2D eigenvalue weighted by atomic mass is 10.1. The van der Waals surface area contributed by atoms with Gasteiger partial charge in [-0.25, -0.2) is 9.67 Å². The number of rotatable bonds is 6. The van der Waals surface area contributed by atoms with Crippen LogP contribution in [-0.2, 0) is 17.8 Å². The van der Waals surface area contributed by atoms with Crippen LogP contribution >= 0.6 is 0 Å². The van der Waals surface area contributed by atoms with E-state index in [1.807, 2.05) is 25.1 Å². The fourth-order valence-electron chi connectivity index (χ4n) is 3.26. The predicted octanol–water partition coefficient (Wildman–Crippen LogP) is 2.69. The molecule has 0 bridgehead atoms. The quantitative estimate of drug-likeness (QED) is 0.379. The van der Waals surface area contributed by atoms with E-state index in [9.17, 15) is 19.7 Å². The van der Waals surface area contributed by atoms with Crippen molar-refractivity contribution in [1.82, 2.24) is 19.3 Å². The molecule has 156 valence electrons. The first kappa shape index (κ1) is 20.0. The maximum absolute atomic E-state index is 12.8. The molecule has 2 aromatic carbocycles. The van der Waals surface area contributed by atoms with E-state index in [0.717, 1.165) is 12.0 Å². The number of nitrogens with one attached hydrogen (secondary N) is 1. The largest absolute Gasteiger partial charge is 0.325 e. The average Bonchev–Trinajstić information content (AvgIpc) is 3.20. The highest BCUT2D eigenvalue weighted by atomic mass is 16.6. The number of hydrogen-bond donors (Lipinski definition) is 1. The third-order valence-corrected chi connectivity index (χ3v) is 4.79. The lowest BCUT2D eigenvalue weighted by molar-refractivity contribution is -0.384. The van der Waals surface area contributed by atoms with E-state index < -0.39 is 10.5 Å². The van der Waals surface area contributed by atoms with E-state index in [2.05, 4.69) is 15.4 Å². The van der Waals surface area contributed by atoms with Crippen LogP contribution in [0.5, 0.6) is 0 Å². The molecule has 2 heterocycles. The fourth-order valence-corrected chi connectivity index (χ4v) is 3.26. The molecule has 31 heavy (non-hydrogen) atoms. The minimum atomic E-state index is -0.526. The smallest absolute Gasteiger partial charge is 0.294 e. The van der Waals surface area contributed by atoms with Crippen molar-refractivity contribution in [2.45, 2.75) is 19.9 Å². The number of aryl methyl sites for hydroxylation is 1. The SMILES string of the molecule is CCc1cccc(NC(=O)Cn2cnc3c(cnn3-c3ccccc3[N+](=O)[O-])c2=O)c1. The minimum Gasteiger partial charge on any atom is -0.325 e. The van der Waals surface area contributed by atoms with Crippen LogP contribution < -0.4 is 10.9 Å². The van der Waals surface area contributed by atoms with Gasteiger partial charge in [0.1, 0.15) is 23.9 Å². The Balaban J connectivity index is 1.63. The summed E-state index contributed by atoms with van der Waals surface area (Å²) in [6, 6.07) is 13.5. The van der Waals surface area contributed by atoms with Crippen LogP contribution in [0, 0.1) is 10.1 Å². The molecular formula is C21H18N6O4. The second kappa shape index (κ2) is 8.19. The molecule has 0 saturated carbocycles. The van der Waals surface area contributed by atoms with Gasteiger partial charge in [0.25, 0.3) is 11.2 Å². The molecule has 10 heteroatoms. The third-order valence-electron chi connectivity index (χ3n) is 4.79. The Morgan fingerprint density at radius 1 is 1.19 bits per heavy atom. The topological polar surface area (TPSA) is 125 Å². The second-order valence-electron chi connectivity index (χ2n) is 6.82. The summed E-state index contributed by atoms with van der Waals surface area (Å²) in [5.74, 6) is -0.373. The Hall–Kier alpha value is -4.34. The van der Waals surface area contributed by atoms with Gasteiger partial charge in [-0.1, -0.05) is 31.2 Å². The Morgan fingerprint density at radius 2 is 2.00 bits per heavy atom. The van der Waals surface area contributed by atoms with E-state index in [1.54, 1.807) is 18.2 Å². The second-order valence-corrected chi connectivity index (χ2v) is 6.82. The summed E-state index contributed by atoms with van der Waals surface area (Å²) in [6.45, 7) is 1.79. The van der Waals surface area contributed by atoms with Gasteiger partial charge >= 0.3 is 0 Å². The van der Waals surface area contributed by atoms with Crippen LogP contribution in [0.15, 0.2) is 65.8 Å². The molecule has 4 rings (SSSR count). The summed E-state index contributed by atoms with van der Waals surface area (Å²) >= 11 is 0. The predicted molar refractivity (Wildman–Crippen MR) is 114 cm³/mol. The number of aromatic nitrogens is 4. The van der Waals surface area contributed by atoms with Gasteiger partial charge in [0.2, 0.25) is 5.91 Å². The zero-order valence-corrected chi connectivity index (χ0v) is 16.6. The summed E-state index contributed by atoms with van der Waals surface area (Å²) in [4.78, 5) is 40.3. The molecule has 2 aromatic heterocycles. The number of anilines is 1.